The second kappa shape index (κ2) is 34.2. The zero-order valence-electron chi connectivity index (χ0n) is 54.0. The summed E-state index contributed by atoms with van der Waals surface area (Å²) in [6.07, 6.45) is 4.83. The van der Waals surface area contributed by atoms with Gasteiger partial charge in [0, 0.05) is 80.7 Å². The van der Waals surface area contributed by atoms with Crippen molar-refractivity contribution in [3.8, 4) is 22.8 Å². The van der Waals surface area contributed by atoms with Crippen LogP contribution in [-0.2, 0) is 70.5 Å². The molecular formula is C69H81ClN18O9. The first kappa shape index (κ1) is 70.7. The van der Waals surface area contributed by atoms with Crippen molar-refractivity contribution >= 4 is 81.5 Å². The summed E-state index contributed by atoms with van der Waals surface area (Å²) in [6, 6.07) is 27.2. The number of aromatic amines is 2. The highest BCUT2D eigenvalue weighted by molar-refractivity contribution is 6.30. The van der Waals surface area contributed by atoms with Gasteiger partial charge in [-0.15, -0.1) is 10.2 Å². The van der Waals surface area contributed by atoms with Gasteiger partial charge in [-0.1, -0.05) is 135 Å². The lowest BCUT2D eigenvalue weighted by molar-refractivity contribution is -0.136. The van der Waals surface area contributed by atoms with E-state index in [1.54, 1.807) is 84.9 Å². The van der Waals surface area contributed by atoms with E-state index in [9.17, 15) is 38.7 Å². The molecule has 0 radical (unpaired) electrons. The number of hydrogen-bond donors (Lipinski definition) is 13. The topological polar surface area (TPSA) is 404 Å². The zero-order valence-corrected chi connectivity index (χ0v) is 54.8. The van der Waals surface area contributed by atoms with E-state index in [1.165, 1.54) is 19.3 Å². The van der Waals surface area contributed by atoms with Crippen LogP contribution in [0.25, 0.3) is 33.5 Å². The molecule has 3 aromatic heterocycles. The Morgan fingerprint density at radius 2 is 0.948 bits per heavy atom. The van der Waals surface area contributed by atoms with Crippen molar-refractivity contribution in [3.63, 3.8) is 0 Å². The molecule has 1 fully saturated rings. The molecule has 7 atom stereocenters. The number of nitrogen functional groups attached to an aromatic ring is 2. The number of carbonyl (C=O) groups is 8. The number of fused-ring (bicyclic) bond motifs is 1. The number of aromatic nitrogens is 7. The van der Waals surface area contributed by atoms with E-state index in [1.807, 2.05) is 56.3 Å². The third-order valence-electron chi connectivity index (χ3n) is 16.4. The highest BCUT2D eigenvalue weighted by Crippen LogP contribution is 2.22. The lowest BCUT2D eigenvalue weighted by atomic mass is 9.99. The van der Waals surface area contributed by atoms with Gasteiger partial charge in [-0.3, -0.25) is 53.5 Å². The first-order valence-electron chi connectivity index (χ1n) is 32.1. The molecule has 0 spiro atoms. The molecule has 508 valence electrons. The van der Waals surface area contributed by atoms with E-state index in [-0.39, 0.29) is 56.3 Å². The molecule has 1 aliphatic rings. The largest absolute Gasteiger partial charge is 0.394 e. The van der Waals surface area contributed by atoms with Crippen LogP contribution in [0.1, 0.15) is 67.9 Å². The Labute approximate surface area is 565 Å². The Bertz CT molecular complexity index is 4000. The molecule has 8 amide bonds. The number of nitrogens with one attached hydrogen (secondary N) is 10. The Balaban J connectivity index is 0.975. The van der Waals surface area contributed by atoms with Gasteiger partial charge in [-0.2, -0.15) is 9.97 Å². The van der Waals surface area contributed by atoms with Gasteiger partial charge in [0.15, 0.2) is 11.6 Å². The third kappa shape index (κ3) is 20.9. The van der Waals surface area contributed by atoms with Crippen molar-refractivity contribution in [2.75, 3.05) is 44.3 Å². The molecule has 4 heterocycles. The Morgan fingerprint density at radius 3 is 1.40 bits per heavy atom. The Kier molecular flexibility index (Phi) is 24.9. The van der Waals surface area contributed by atoms with Crippen LogP contribution in [0.3, 0.4) is 0 Å². The number of nitrogens with zero attached hydrogens (tertiary/aromatic N) is 6. The molecule has 0 saturated carbocycles. The lowest BCUT2D eigenvalue weighted by Crippen LogP contribution is -2.61. The van der Waals surface area contributed by atoms with Gasteiger partial charge in [0.1, 0.15) is 42.3 Å². The molecule has 1 saturated heterocycles. The van der Waals surface area contributed by atoms with E-state index in [0.717, 1.165) is 42.3 Å². The number of nitrogens with two attached hydrogens (primary N) is 2. The van der Waals surface area contributed by atoms with Crippen molar-refractivity contribution in [2.45, 2.75) is 114 Å². The molecule has 5 aromatic carbocycles. The first-order valence-corrected chi connectivity index (χ1v) is 32.5. The SMILES string of the molecule is CC(=O)N[C@H](Cc1ccc2ccccc2c1)C(=O)N[C@H](Cc1ccc(Cl)cc1)C(=O)N[C@H](Cc1cccnc1)C(=O)N[C@@H](CO)C(=O)N[C@@H](Cc1ccc(-c2nc(N)n[nH]2)cc1)C(=O)N[C@H](Cc1ccc(-c2nc(N)n[nH]2)cc1)C(=O)N[C@@H](CC(C)C)C(=O)NCCN1CCCC1. The summed E-state index contributed by atoms with van der Waals surface area (Å²) in [5.41, 5.74) is 15.7. The predicted molar refractivity (Wildman–Crippen MR) is 365 cm³/mol. The molecule has 15 N–H and O–H groups in total. The Hall–Kier alpha value is -10.6. The number of halogens is 1. The fourth-order valence-electron chi connectivity index (χ4n) is 11.4. The van der Waals surface area contributed by atoms with Gasteiger partial charge in [0.05, 0.1) is 6.61 Å². The average Bonchev–Trinajstić information content (AvgIpc) is 1.03. The zero-order chi connectivity index (χ0) is 69.0. The number of benzene rings is 5. The van der Waals surface area contributed by atoms with Crippen molar-refractivity contribution in [2.24, 2.45) is 5.92 Å². The van der Waals surface area contributed by atoms with Crippen molar-refractivity contribution < 1.29 is 43.5 Å². The summed E-state index contributed by atoms with van der Waals surface area (Å²) in [7, 11) is 0. The van der Waals surface area contributed by atoms with Crippen LogP contribution < -0.4 is 54.0 Å². The minimum Gasteiger partial charge on any atom is -0.394 e. The molecule has 0 bridgehead atoms. The highest BCUT2D eigenvalue weighted by atomic mass is 35.5. The lowest BCUT2D eigenvalue weighted by Gasteiger charge is -2.28. The second-order valence-electron chi connectivity index (χ2n) is 24.4. The fraction of sp³-hybridized carbons (Fsp3) is 0.348. The minimum atomic E-state index is -1.77. The van der Waals surface area contributed by atoms with Gasteiger partial charge >= 0.3 is 0 Å². The van der Waals surface area contributed by atoms with Crippen LogP contribution in [-0.4, -0.2) is 168 Å². The van der Waals surface area contributed by atoms with E-state index < -0.39 is 96.2 Å². The van der Waals surface area contributed by atoms with Crippen molar-refractivity contribution in [1.82, 2.24) is 82.8 Å². The van der Waals surface area contributed by atoms with Crippen molar-refractivity contribution in [1.29, 1.82) is 0 Å². The summed E-state index contributed by atoms with van der Waals surface area (Å²) in [4.78, 5) is 130. The van der Waals surface area contributed by atoms with Gasteiger partial charge < -0.3 is 64.0 Å². The van der Waals surface area contributed by atoms with Crippen LogP contribution >= 0.6 is 11.6 Å². The summed E-state index contributed by atoms with van der Waals surface area (Å²) < 4.78 is 0. The maximum Gasteiger partial charge on any atom is 0.245 e. The van der Waals surface area contributed by atoms with Crippen LogP contribution in [0.5, 0.6) is 0 Å². The number of rotatable bonds is 32. The molecule has 8 aromatic rings. The highest BCUT2D eigenvalue weighted by Gasteiger charge is 2.35. The van der Waals surface area contributed by atoms with E-state index in [4.69, 9.17) is 23.1 Å². The van der Waals surface area contributed by atoms with E-state index >= 15 is 4.79 Å². The molecule has 0 unspecified atom stereocenters. The summed E-state index contributed by atoms with van der Waals surface area (Å²) in [5, 5.41) is 49.0. The Morgan fingerprint density at radius 1 is 0.515 bits per heavy atom. The maximum atomic E-state index is 15.2. The molecular weight excluding hydrogens is 1260 g/mol. The predicted octanol–water partition coefficient (Wildman–Crippen LogP) is 2.80. The number of hydrogen-bond acceptors (Lipinski definition) is 17. The molecule has 0 aliphatic carbocycles. The van der Waals surface area contributed by atoms with Gasteiger partial charge in [-0.05, 0) is 95.1 Å². The number of likely N-dealkylation sites (tertiary alicyclic amines) is 1. The number of pyridine rings is 1. The number of anilines is 2. The minimum absolute atomic E-state index is 0.0158. The standard InChI is InChI=1S/C69H81ClN18O9/c1-40(2)31-52(61(91)74-27-30-88-28-6-7-29-88)76-63(93)54(33-42-12-20-48(21-13-42)59-82-68(71)86-84-59)78-65(95)56(34-43-14-22-49(23-15-43)60-83-69(72)87-85-60)80-67(97)58(39-89)81-66(96)57(37-46-9-8-26-73-38-46)79-64(94)55(35-44-17-24-51(70)25-18-44)77-62(92)53(75-41(3)90)36-45-16-19-47-10-4-5-11-50(47)32-45/h4-5,8-26,32,38,40,52-58,89H,6-7,27-31,33-37,39H2,1-3H3,(H,74,91)(H,75,90)(H,76,93)(H,77,92)(H,78,95)(H,79,94)(H,80,97)(H,81,96)(H3,71,82,84,86)(H3,72,83,85,87)/t52-,53+,54+,55+,56-,57+,58-/m0/s1. The third-order valence-corrected chi connectivity index (χ3v) is 16.7. The van der Waals surface area contributed by atoms with Crippen LogP contribution in [0.15, 0.2) is 140 Å². The summed E-state index contributed by atoms with van der Waals surface area (Å²) >= 11 is 6.25. The van der Waals surface area contributed by atoms with Crippen LogP contribution in [0.2, 0.25) is 5.02 Å². The maximum absolute atomic E-state index is 15.2. The number of aliphatic hydroxyl groups excluding tert-OH is 1. The van der Waals surface area contributed by atoms with Gasteiger partial charge in [0.2, 0.25) is 59.2 Å². The van der Waals surface area contributed by atoms with E-state index in [0.29, 0.717) is 63.1 Å². The smallest absolute Gasteiger partial charge is 0.245 e. The molecule has 97 heavy (non-hydrogen) atoms. The number of amides is 8. The second-order valence-corrected chi connectivity index (χ2v) is 24.9. The molecule has 27 nitrogen and oxygen atoms in total. The summed E-state index contributed by atoms with van der Waals surface area (Å²) in [6.45, 7) is 6.97. The number of carbonyl (C=O) groups excluding carboxylic acids is 8. The summed E-state index contributed by atoms with van der Waals surface area (Å²) in [5.74, 6) is -5.20. The van der Waals surface area contributed by atoms with Gasteiger partial charge in [-0.25, -0.2) is 0 Å². The monoisotopic (exact) mass is 1340 g/mol. The van der Waals surface area contributed by atoms with Crippen molar-refractivity contribution in [3.05, 3.63) is 173 Å². The number of H-pyrrole nitrogens is 2. The van der Waals surface area contributed by atoms with Crippen LogP contribution in [0.4, 0.5) is 11.9 Å². The van der Waals surface area contributed by atoms with E-state index in [2.05, 4.69) is 82.8 Å². The molecule has 28 heteroatoms. The number of aliphatic hydroxyl groups is 1. The fourth-order valence-corrected chi connectivity index (χ4v) is 11.5. The van der Waals surface area contributed by atoms with Crippen LogP contribution in [0, 0.1) is 5.92 Å². The van der Waals surface area contributed by atoms with Gasteiger partial charge in [0.25, 0.3) is 0 Å². The first-order chi connectivity index (χ1) is 46.7. The average molecular weight is 1340 g/mol. The molecule has 1 aliphatic heterocycles. The quantitative estimate of drug-likeness (QED) is 0.0288. The molecule has 9 rings (SSSR count). The normalized spacial score (nSPS) is 14.4.